The summed E-state index contributed by atoms with van der Waals surface area (Å²) in [5.41, 5.74) is 3.45. The van der Waals surface area contributed by atoms with Crippen molar-refractivity contribution in [1.82, 2.24) is 9.80 Å². The van der Waals surface area contributed by atoms with E-state index in [4.69, 9.17) is 0 Å². The fourth-order valence-corrected chi connectivity index (χ4v) is 3.66. The van der Waals surface area contributed by atoms with Gasteiger partial charge >= 0.3 is 0 Å². The van der Waals surface area contributed by atoms with Crippen molar-refractivity contribution >= 4 is 22.9 Å². The number of rotatable bonds is 5. The molecule has 0 saturated carbocycles. The maximum atomic E-state index is 12.5. The summed E-state index contributed by atoms with van der Waals surface area (Å²) in [6.07, 6.45) is 0. The number of thiophene rings is 1. The summed E-state index contributed by atoms with van der Waals surface area (Å²) in [5, 5.41) is 7.36. The van der Waals surface area contributed by atoms with Gasteiger partial charge in [-0.1, -0.05) is 17.7 Å². The van der Waals surface area contributed by atoms with Crippen molar-refractivity contribution in [2.45, 2.75) is 26.4 Å². The molecule has 1 amide bonds. The van der Waals surface area contributed by atoms with Gasteiger partial charge in [-0.15, -0.1) is 0 Å². The Bertz CT molecular complexity index is 646. The lowest BCUT2D eigenvalue weighted by Gasteiger charge is -2.37. The van der Waals surface area contributed by atoms with Gasteiger partial charge in [0.15, 0.2) is 0 Å². The van der Waals surface area contributed by atoms with Gasteiger partial charge in [-0.3, -0.25) is 14.6 Å². The van der Waals surface area contributed by atoms with E-state index in [-0.39, 0.29) is 11.9 Å². The van der Waals surface area contributed by atoms with Crippen molar-refractivity contribution in [3.63, 3.8) is 0 Å². The van der Waals surface area contributed by atoms with Crippen LogP contribution < -0.4 is 5.32 Å². The first-order valence-corrected chi connectivity index (χ1v) is 9.41. The quantitative estimate of drug-likeness (QED) is 0.905. The third-order valence-corrected chi connectivity index (χ3v) is 5.37. The van der Waals surface area contributed by atoms with E-state index in [1.807, 2.05) is 38.1 Å². The van der Waals surface area contributed by atoms with Gasteiger partial charge in [0.1, 0.15) is 0 Å². The van der Waals surface area contributed by atoms with Crippen LogP contribution in [0.1, 0.15) is 18.1 Å². The van der Waals surface area contributed by atoms with Crippen LogP contribution in [0.3, 0.4) is 0 Å². The molecule has 1 saturated heterocycles. The number of anilines is 1. The van der Waals surface area contributed by atoms with Gasteiger partial charge < -0.3 is 5.32 Å². The van der Waals surface area contributed by atoms with E-state index in [1.165, 1.54) is 11.1 Å². The van der Waals surface area contributed by atoms with E-state index in [0.717, 1.165) is 38.4 Å². The van der Waals surface area contributed by atoms with Crippen LogP contribution in [0.25, 0.3) is 0 Å². The number of carbonyl (C=O) groups is 1. The molecule has 24 heavy (non-hydrogen) atoms. The monoisotopic (exact) mass is 343 g/mol. The highest BCUT2D eigenvalue weighted by Gasteiger charge is 2.25. The maximum absolute atomic E-state index is 12.5. The van der Waals surface area contributed by atoms with Crippen LogP contribution in [-0.4, -0.2) is 47.9 Å². The van der Waals surface area contributed by atoms with Crippen molar-refractivity contribution in [2.24, 2.45) is 0 Å². The normalized spacial score (nSPS) is 17.6. The van der Waals surface area contributed by atoms with Crippen LogP contribution in [0.15, 0.2) is 41.1 Å². The first kappa shape index (κ1) is 17.1. The molecule has 1 fully saturated rings. The lowest BCUT2D eigenvalue weighted by atomic mass is 10.2. The Morgan fingerprint density at radius 1 is 1.17 bits per heavy atom. The van der Waals surface area contributed by atoms with E-state index in [2.05, 4.69) is 31.9 Å². The van der Waals surface area contributed by atoms with Gasteiger partial charge in [0.05, 0.1) is 6.04 Å². The molecule has 0 radical (unpaired) electrons. The number of aryl methyl sites for hydroxylation is 1. The lowest BCUT2D eigenvalue weighted by molar-refractivity contribution is -0.121. The van der Waals surface area contributed by atoms with Crippen molar-refractivity contribution in [2.75, 3.05) is 31.5 Å². The maximum Gasteiger partial charge on any atom is 0.241 e. The molecule has 0 aliphatic carbocycles. The predicted octanol–water partition coefficient (Wildman–Crippen LogP) is 3.20. The highest BCUT2D eigenvalue weighted by atomic mass is 32.1. The third kappa shape index (κ3) is 4.44. The second kappa shape index (κ2) is 7.92. The molecular weight excluding hydrogens is 318 g/mol. The van der Waals surface area contributed by atoms with E-state index in [0.29, 0.717) is 0 Å². The average molecular weight is 343 g/mol. The van der Waals surface area contributed by atoms with Gasteiger partial charge in [-0.05, 0) is 48.4 Å². The number of nitrogens with one attached hydrogen (secondary N) is 1. The predicted molar refractivity (Wildman–Crippen MR) is 100 cm³/mol. The van der Waals surface area contributed by atoms with E-state index in [9.17, 15) is 4.79 Å². The lowest BCUT2D eigenvalue weighted by Crippen LogP contribution is -2.52. The van der Waals surface area contributed by atoms with Crippen LogP contribution in [-0.2, 0) is 11.3 Å². The Labute approximate surface area is 148 Å². The number of hydrogen-bond acceptors (Lipinski definition) is 4. The minimum atomic E-state index is -0.102. The molecule has 5 heteroatoms. The first-order valence-electron chi connectivity index (χ1n) is 8.47. The van der Waals surface area contributed by atoms with Gasteiger partial charge in [0.25, 0.3) is 0 Å². The standard InChI is InChI=1S/C19H25N3OS/c1-15-3-5-18(6-4-15)20-19(23)16(2)22-10-8-21(9-11-22)13-17-7-12-24-14-17/h3-7,12,14,16H,8-11,13H2,1-2H3,(H,20,23)/t16-/m1/s1. The van der Waals surface area contributed by atoms with E-state index >= 15 is 0 Å². The molecule has 1 aromatic carbocycles. The molecule has 1 aromatic heterocycles. The van der Waals surface area contributed by atoms with Crippen molar-refractivity contribution < 1.29 is 4.79 Å². The molecule has 2 aromatic rings. The largest absolute Gasteiger partial charge is 0.325 e. The molecule has 1 aliphatic rings. The molecule has 4 nitrogen and oxygen atoms in total. The number of nitrogens with zero attached hydrogens (tertiary/aromatic N) is 2. The van der Waals surface area contributed by atoms with Gasteiger partial charge in [0.2, 0.25) is 5.91 Å². The fourth-order valence-electron chi connectivity index (χ4n) is 3.00. The highest BCUT2D eigenvalue weighted by Crippen LogP contribution is 2.14. The number of hydrogen-bond donors (Lipinski definition) is 1. The topological polar surface area (TPSA) is 35.6 Å². The second-order valence-electron chi connectivity index (χ2n) is 6.47. The highest BCUT2D eigenvalue weighted by molar-refractivity contribution is 7.07. The van der Waals surface area contributed by atoms with Gasteiger partial charge in [-0.2, -0.15) is 11.3 Å². The second-order valence-corrected chi connectivity index (χ2v) is 7.25. The Balaban J connectivity index is 1.48. The summed E-state index contributed by atoms with van der Waals surface area (Å²) >= 11 is 1.75. The van der Waals surface area contributed by atoms with E-state index in [1.54, 1.807) is 11.3 Å². The summed E-state index contributed by atoms with van der Waals surface area (Å²) in [5.74, 6) is 0.0742. The summed E-state index contributed by atoms with van der Waals surface area (Å²) in [7, 11) is 0. The first-order chi connectivity index (χ1) is 11.6. The minimum absolute atomic E-state index is 0.0742. The third-order valence-electron chi connectivity index (χ3n) is 4.64. The van der Waals surface area contributed by atoms with E-state index < -0.39 is 0 Å². The molecule has 1 atom stereocenters. The molecule has 3 rings (SSSR count). The molecule has 1 aliphatic heterocycles. The minimum Gasteiger partial charge on any atom is -0.325 e. The molecule has 128 valence electrons. The number of piperazine rings is 1. The van der Waals surface area contributed by atoms with Crippen LogP contribution >= 0.6 is 11.3 Å². The van der Waals surface area contributed by atoms with Crippen LogP contribution in [0, 0.1) is 6.92 Å². The Morgan fingerprint density at radius 2 is 1.88 bits per heavy atom. The summed E-state index contributed by atoms with van der Waals surface area (Å²) in [4.78, 5) is 17.2. The fraction of sp³-hybridized carbons (Fsp3) is 0.421. The van der Waals surface area contributed by atoms with Crippen LogP contribution in [0.4, 0.5) is 5.69 Å². The molecule has 0 bridgehead atoms. The average Bonchev–Trinajstić information content (AvgIpc) is 3.10. The van der Waals surface area contributed by atoms with Crippen molar-refractivity contribution in [1.29, 1.82) is 0 Å². The SMILES string of the molecule is Cc1ccc(NC(=O)[C@@H](C)N2CCN(Cc3ccsc3)CC2)cc1. The molecular formula is C19H25N3OS. The van der Waals surface area contributed by atoms with Gasteiger partial charge in [0, 0.05) is 38.4 Å². The van der Waals surface area contributed by atoms with Gasteiger partial charge in [-0.25, -0.2) is 0 Å². The van der Waals surface area contributed by atoms with Crippen molar-refractivity contribution in [3.8, 4) is 0 Å². The molecule has 1 N–H and O–H groups in total. The number of benzene rings is 1. The molecule has 0 spiro atoms. The van der Waals surface area contributed by atoms with Crippen LogP contribution in [0.5, 0.6) is 0 Å². The molecule has 2 heterocycles. The number of amides is 1. The number of carbonyl (C=O) groups excluding carboxylic acids is 1. The summed E-state index contributed by atoms with van der Waals surface area (Å²) in [6.45, 7) is 8.96. The zero-order chi connectivity index (χ0) is 16.9. The summed E-state index contributed by atoms with van der Waals surface area (Å²) < 4.78 is 0. The Morgan fingerprint density at radius 3 is 2.50 bits per heavy atom. The zero-order valence-corrected chi connectivity index (χ0v) is 15.2. The van der Waals surface area contributed by atoms with Crippen molar-refractivity contribution in [3.05, 3.63) is 52.2 Å². The van der Waals surface area contributed by atoms with Crippen LogP contribution in [0.2, 0.25) is 0 Å². The smallest absolute Gasteiger partial charge is 0.241 e. The molecule has 0 unspecified atom stereocenters. The Hall–Kier alpha value is -1.69. The summed E-state index contributed by atoms with van der Waals surface area (Å²) in [6, 6.07) is 10.0. The zero-order valence-electron chi connectivity index (χ0n) is 14.4. The Kier molecular flexibility index (Phi) is 5.66.